The Balaban J connectivity index is 1.75. The summed E-state index contributed by atoms with van der Waals surface area (Å²) in [5.74, 6) is -3.09. The van der Waals surface area contributed by atoms with Crippen LogP contribution < -0.4 is 0 Å². The number of aliphatic imine (C=N–C) groups is 1. The molecule has 33 heavy (non-hydrogen) atoms. The summed E-state index contributed by atoms with van der Waals surface area (Å²) in [6, 6.07) is 2.77. The Morgan fingerprint density at radius 3 is 2.64 bits per heavy atom. The lowest BCUT2D eigenvalue weighted by Gasteiger charge is -2.13. The van der Waals surface area contributed by atoms with E-state index in [1.807, 2.05) is 0 Å². The SMILES string of the molecule is CCOC(=O)c1nc2n(n1)-c1sc3c(c1C(c1c(F)cccc1F)=N[C@H]2C)CC(C(F)F)C3. The van der Waals surface area contributed by atoms with Gasteiger partial charge in [-0.1, -0.05) is 6.07 Å². The number of aromatic nitrogens is 3. The molecular weight excluding hydrogens is 460 g/mol. The maximum Gasteiger partial charge on any atom is 0.378 e. The number of benzene rings is 1. The minimum atomic E-state index is -2.52. The van der Waals surface area contributed by atoms with Gasteiger partial charge in [0.1, 0.15) is 22.7 Å². The molecule has 5 rings (SSSR count). The third kappa shape index (κ3) is 3.45. The van der Waals surface area contributed by atoms with Crippen molar-refractivity contribution in [3.63, 3.8) is 0 Å². The van der Waals surface area contributed by atoms with E-state index in [1.165, 1.54) is 22.1 Å². The fraction of sp³-hybridized carbons (Fsp3) is 0.364. The number of halogens is 4. The first-order chi connectivity index (χ1) is 15.8. The number of carbonyl (C=O) groups is 1. The highest BCUT2D eigenvalue weighted by Gasteiger charge is 2.39. The van der Waals surface area contributed by atoms with Crippen LogP contribution in [0.2, 0.25) is 0 Å². The second kappa shape index (κ2) is 8.05. The lowest BCUT2D eigenvalue weighted by Crippen LogP contribution is -2.15. The Morgan fingerprint density at radius 1 is 1.24 bits per heavy atom. The quantitative estimate of drug-likeness (QED) is 0.404. The molecule has 0 spiro atoms. The molecule has 0 radical (unpaired) electrons. The minimum Gasteiger partial charge on any atom is -0.460 e. The number of hydrogen-bond donors (Lipinski definition) is 0. The van der Waals surface area contributed by atoms with Crippen molar-refractivity contribution < 1.29 is 27.1 Å². The summed E-state index contributed by atoms with van der Waals surface area (Å²) in [4.78, 5) is 21.8. The van der Waals surface area contributed by atoms with E-state index in [2.05, 4.69) is 15.1 Å². The standard InChI is InChI=1S/C22H18F4N4O2S/c1-3-32-22(31)19-28-20-9(2)27-17(16-12(23)5-4-6-13(16)24)15-11-7-10(18(25)26)8-14(11)33-21(15)30(20)29-19/h4-6,9-10,18H,3,7-8H2,1-2H3/t9-,10?/m0/s1. The van der Waals surface area contributed by atoms with Gasteiger partial charge in [0.05, 0.1) is 17.9 Å². The van der Waals surface area contributed by atoms with Crippen molar-refractivity contribution in [1.29, 1.82) is 0 Å². The Bertz CT molecular complexity index is 1280. The maximum atomic E-state index is 14.8. The van der Waals surface area contributed by atoms with Crippen molar-refractivity contribution >= 4 is 23.0 Å². The van der Waals surface area contributed by atoms with Gasteiger partial charge >= 0.3 is 5.97 Å². The monoisotopic (exact) mass is 478 g/mol. The Morgan fingerprint density at radius 2 is 1.97 bits per heavy atom. The van der Waals surface area contributed by atoms with Crippen molar-refractivity contribution in [2.45, 2.75) is 39.2 Å². The van der Waals surface area contributed by atoms with Gasteiger partial charge in [-0.2, -0.15) is 0 Å². The predicted molar refractivity (Wildman–Crippen MR) is 113 cm³/mol. The van der Waals surface area contributed by atoms with Crippen molar-refractivity contribution in [2.75, 3.05) is 6.61 Å². The van der Waals surface area contributed by atoms with Gasteiger partial charge in [-0.15, -0.1) is 16.4 Å². The van der Waals surface area contributed by atoms with Gasteiger partial charge in [0.25, 0.3) is 5.82 Å². The van der Waals surface area contributed by atoms with Crippen LogP contribution in [0.3, 0.4) is 0 Å². The predicted octanol–water partition coefficient (Wildman–Crippen LogP) is 4.68. The number of alkyl halides is 2. The van der Waals surface area contributed by atoms with Crippen LogP contribution in [-0.2, 0) is 17.6 Å². The molecule has 0 N–H and O–H groups in total. The molecule has 1 unspecified atom stereocenters. The lowest BCUT2D eigenvalue weighted by atomic mass is 9.97. The van der Waals surface area contributed by atoms with Gasteiger partial charge in [0, 0.05) is 16.4 Å². The number of rotatable bonds is 4. The molecule has 1 aliphatic heterocycles. The molecule has 2 aromatic heterocycles. The van der Waals surface area contributed by atoms with Crippen molar-refractivity contribution in [2.24, 2.45) is 10.9 Å². The summed E-state index contributed by atoms with van der Waals surface area (Å²) < 4.78 is 63.0. The zero-order chi connectivity index (χ0) is 23.4. The first-order valence-electron chi connectivity index (χ1n) is 10.4. The summed E-state index contributed by atoms with van der Waals surface area (Å²) in [5.41, 5.74) is 0.636. The molecule has 1 aliphatic carbocycles. The fourth-order valence-corrected chi connectivity index (χ4v) is 5.66. The molecule has 6 nitrogen and oxygen atoms in total. The Labute approximate surface area is 189 Å². The molecule has 3 heterocycles. The smallest absolute Gasteiger partial charge is 0.378 e. The number of thiophene rings is 1. The summed E-state index contributed by atoms with van der Waals surface area (Å²) in [7, 11) is 0. The minimum absolute atomic E-state index is 0.0329. The Kier molecular flexibility index (Phi) is 5.31. The number of fused-ring (bicyclic) bond motifs is 5. The van der Waals surface area contributed by atoms with E-state index in [0.29, 0.717) is 21.0 Å². The summed E-state index contributed by atoms with van der Waals surface area (Å²) in [5, 5.41) is 4.73. The number of nitrogens with zero attached hydrogens (tertiary/aromatic N) is 4. The van der Waals surface area contributed by atoms with Gasteiger partial charge in [0.2, 0.25) is 6.43 Å². The highest BCUT2D eigenvalue weighted by atomic mass is 32.1. The van der Waals surface area contributed by atoms with Crippen molar-refractivity contribution in [3.8, 4) is 5.00 Å². The molecule has 3 aromatic rings. The van der Waals surface area contributed by atoms with E-state index in [9.17, 15) is 22.4 Å². The maximum absolute atomic E-state index is 14.8. The third-order valence-electron chi connectivity index (χ3n) is 5.76. The molecule has 0 bridgehead atoms. The average Bonchev–Trinajstić information content (AvgIpc) is 3.43. The molecular formula is C22H18F4N4O2S. The van der Waals surface area contributed by atoms with Crippen LogP contribution >= 0.6 is 11.3 Å². The second-order valence-electron chi connectivity index (χ2n) is 7.86. The number of hydrogen-bond acceptors (Lipinski definition) is 6. The van der Waals surface area contributed by atoms with Gasteiger partial charge < -0.3 is 4.74 Å². The summed E-state index contributed by atoms with van der Waals surface area (Å²) >= 11 is 1.20. The van der Waals surface area contributed by atoms with Crippen molar-refractivity contribution in [1.82, 2.24) is 14.8 Å². The number of carbonyl (C=O) groups excluding carboxylic acids is 1. The molecule has 0 saturated carbocycles. The number of esters is 1. The van der Waals surface area contributed by atoms with E-state index in [0.717, 1.165) is 12.1 Å². The lowest BCUT2D eigenvalue weighted by molar-refractivity contribution is 0.0512. The normalized spacial score (nSPS) is 19.1. The summed E-state index contributed by atoms with van der Waals surface area (Å²) in [6.45, 7) is 3.45. The van der Waals surface area contributed by atoms with Crippen LogP contribution in [0.25, 0.3) is 5.00 Å². The topological polar surface area (TPSA) is 69.4 Å². The molecule has 0 fully saturated rings. The van der Waals surface area contributed by atoms with Gasteiger partial charge in [-0.3, -0.25) is 4.99 Å². The first-order valence-corrected chi connectivity index (χ1v) is 11.2. The third-order valence-corrected chi connectivity index (χ3v) is 6.99. The highest BCUT2D eigenvalue weighted by Crippen LogP contribution is 2.45. The van der Waals surface area contributed by atoms with Crippen molar-refractivity contribution in [3.05, 3.63) is 63.0 Å². The largest absolute Gasteiger partial charge is 0.460 e. The molecule has 2 atom stereocenters. The van der Waals surface area contributed by atoms with Crippen LogP contribution in [0.5, 0.6) is 0 Å². The van der Waals surface area contributed by atoms with E-state index in [-0.39, 0.29) is 42.4 Å². The van der Waals surface area contributed by atoms with Crippen LogP contribution in [0, 0.1) is 17.6 Å². The van der Waals surface area contributed by atoms with Crippen LogP contribution in [0.15, 0.2) is 23.2 Å². The first kappa shape index (κ1) is 21.7. The molecule has 0 saturated heterocycles. The zero-order valence-electron chi connectivity index (χ0n) is 17.6. The zero-order valence-corrected chi connectivity index (χ0v) is 18.4. The van der Waals surface area contributed by atoms with Gasteiger partial charge in [-0.25, -0.2) is 32.0 Å². The van der Waals surface area contributed by atoms with Gasteiger partial charge in [0.15, 0.2) is 5.82 Å². The molecule has 0 amide bonds. The van der Waals surface area contributed by atoms with E-state index >= 15 is 0 Å². The molecule has 1 aromatic carbocycles. The van der Waals surface area contributed by atoms with Crippen LogP contribution in [0.1, 0.15) is 57.9 Å². The summed E-state index contributed by atoms with van der Waals surface area (Å²) in [6.07, 6.45) is -2.33. The van der Waals surface area contributed by atoms with Crippen LogP contribution in [-0.4, -0.2) is 39.5 Å². The average molecular weight is 478 g/mol. The van der Waals surface area contributed by atoms with E-state index in [1.54, 1.807) is 13.8 Å². The fourth-order valence-electron chi connectivity index (χ4n) is 4.28. The number of ether oxygens (including phenoxy) is 1. The second-order valence-corrected chi connectivity index (χ2v) is 8.95. The highest BCUT2D eigenvalue weighted by molar-refractivity contribution is 7.15. The molecule has 2 aliphatic rings. The van der Waals surface area contributed by atoms with E-state index in [4.69, 9.17) is 4.74 Å². The Hall–Kier alpha value is -3.08. The van der Waals surface area contributed by atoms with Gasteiger partial charge in [-0.05, 0) is 44.4 Å². The van der Waals surface area contributed by atoms with E-state index < -0.39 is 36.0 Å². The molecule has 172 valence electrons. The molecule has 11 heteroatoms. The van der Waals surface area contributed by atoms with Crippen LogP contribution in [0.4, 0.5) is 17.6 Å².